The van der Waals surface area contributed by atoms with E-state index in [1.165, 1.54) is 11.3 Å². The van der Waals surface area contributed by atoms with Gasteiger partial charge in [-0.3, -0.25) is 14.3 Å². The highest BCUT2D eigenvalue weighted by atomic mass is 32.1. The van der Waals surface area contributed by atoms with E-state index in [2.05, 4.69) is 15.7 Å². The van der Waals surface area contributed by atoms with Gasteiger partial charge in [-0.25, -0.2) is 0 Å². The standard InChI is InChI=1S/C19H25N5O2S/c25-18(14-6-11-27-13-14)21-15-3-8-23(9-4-15)19(26)17-5-10-24(22-17)16-2-1-7-20-12-16/h5-6,10-11,13,15-16,20H,1-4,7-9,12H2,(H,21,25). The summed E-state index contributed by atoms with van der Waals surface area (Å²) in [6.45, 7) is 3.25. The predicted molar refractivity (Wildman–Crippen MR) is 104 cm³/mol. The molecule has 4 rings (SSSR count). The summed E-state index contributed by atoms with van der Waals surface area (Å²) in [6.07, 6.45) is 5.69. The molecule has 2 saturated heterocycles. The molecule has 2 fully saturated rings. The molecule has 0 bridgehead atoms. The lowest BCUT2D eigenvalue weighted by Crippen LogP contribution is -2.46. The minimum absolute atomic E-state index is 0.0138. The smallest absolute Gasteiger partial charge is 0.274 e. The molecule has 1 unspecified atom stereocenters. The number of thiophene rings is 1. The van der Waals surface area contributed by atoms with E-state index in [0.717, 1.165) is 38.8 Å². The third-order valence-electron chi connectivity index (χ3n) is 5.37. The lowest BCUT2D eigenvalue weighted by molar-refractivity contribution is 0.0691. The van der Waals surface area contributed by atoms with E-state index < -0.39 is 0 Å². The number of likely N-dealkylation sites (tertiary alicyclic amines) is 1. The number of nitrogens with one attached hydrogen (secondary N) is 2. The lowest BCUT2D eigenvalue weighted by atomic mass is 10.0. The van der Waals surface area contributed by atoms with Gasteiger partial charge in [0, 0.05) is 42.8 Å². The molecule has 8 heteroatoms. The molecule has 7 nitrogen and oxygen atoms in total. The van der Waals surface area contributed by atoms with E-state index in [9.17, 15) is 9.59 Å². The van der Waals surface area contributed by atoms with Crippen molar-refractivity contribution in [1.82, 2.24) is 25.3 Å². The van der Waals surface area contributed by atoms with Gasteiger partial charge in [0.1, 0.15) is 5.69 Å². The van der Waals surface area contributed by atoms with Gasteiger partial charge in [0.05, 0.1) is 6.04 Å². The minimum Gasteiger partial charge on any atom is -0.349 e. The maximum atomic E-state index is 12.8. The number of amides is 2. The van der Waals surface area contributed by atoms with Gasteiger partial charge >= 0.3 is 0 Å². The molecule has 0 spiro atoms. The number of hydrogen-bond donors (Lipinski definition) is 2. The Morgan fingerprint density at radius 1 is 1.22 bits per heavy atom. The minimum atomic E-state index is -0.0270. The van der Waals surface area contributed by atoms with Gasteiger partial charge in [-0.2, -0.15) is 16.4 Å². The molecule has 1 atom stereocenters. The van der Waals surface area contributed by atoms with E-state index in [0.29, 0.717) is 30.4 Å². The fourth-order valence-corrected chi connectivity index (χ4v) is 4.40. The number of rotatable bonds is 4. The highest BCUT2D eigenvalue weighted by Gasteiger charge is 2.26. The second-order valence-electron chi connectivity index (χ2n) is 7.23. The highest BCUT2D eigenvalue weighted by Crippen LogP contribution is 2.18. The van der Waals surface area contributed by atoms with Crippen molar-refractivity contribution < 1.29 is 9.59 Å². The molecule has 27 heavy (non-hydrogen) atoms. The summed E-state index contributed by atoms with van der Waals surface area (Å²) in [5, 5.41) is 14.7. The Balaban J connectivity index is 1.29. The number of aromatic nitrogens is 2. The molecule has 4 heterocycles. The first-order valence-corrected chi connectivity index (χ1v) is 10.5. The SMILES string of the molecule is O=C(NC1CCN(C(=O)c2ccn(C3CCCNC3)n2)CC1)c1ccsc1. The van der Waals surface area contributed by atoms with Crippen molar-refractivity contribution in [2.75, 3.05) is 26.2 Å². The van der Waals surface area contributed by atoms with E-state index in [1.807, 2.05) is 38.7 Å². The number of hydrogen-bond acceptors (Lipinski definition) is 5. The van der Waals surface area contributed by atoms with E-state index >= 15 is 0 Å². The van der Waals surface area contributed by atoms with Gasteiger partial charge in [-0.1, -0.05) is 0 Å². The topological polar surface area (TPSA) is 79.3 Å². The van der Waals surface area contributed by atoms with Crippen LogP contribution in [0, 0.1) is 0 Å². The summed E-state index contributed by atoms with van der Waals surface area (Å²) in [5.74, 6) is -0.0407. The van der Waals surface area contributed by atoms with Crippen molar-refractivity contribution >= 4 is 23.2 Å². The van der Waals surface area contributed by atoms with Gasteiger partial charge in [0.25, 0.3) is 11.8 Å². The highest BCUT2D eigenvalue weighted by molar-refractivity contribution is 7.08. The Bertz CT molecular complexity index is 774. The largest absolute Gasteiger partial charge is 0.349 e. The van der Waals surface area contributed by atoms with E-state index in [4.69, 9.17) is 0 Å². The molecule has 0 aliphatic carbocycles. The number of piperidine rings is 2. The molecule has 2 aromatic heterocycles. The Hall–Kier alpha value is -2.19. The van der Waals surface area contributed by atoms with Gasteiger partial charge < -0.3 is 15.5 Å². The zero-order chi connectivity index (χ0) is 18.6. The molecule has 2 aromatic rings. The van der Waals surface area contributed by atoms with Gasteiger partial charge in [-0.05, 0) is 49.7 Å². The first-order chi connectivity index (χ1) is 13.2. The van der Waals surface area contributed by atoms with Crippen molar-refractivity contribution in [3.05, 3.63) is 40.3 Å². The molecule has 2 aliphatic heterocycles. The molecular formula is C19H25N5O2S. The Labute approximate surface area is 162 Å². The number of carbonyl (C=O) groups excluding carboxylic acids is 2. The normalized spacial score (nSPS) is 21.2. The monoisotopic (exact) mass is 387 g/mol. The molecule has 144 valence electrons. The fourth-order valence-electron chi connectivity index (χ4n) is 3.77. The Morgan fingerprint density at radius 2 is 2.07 bits per heavy atom. The second-order valence-corrected chi connectivity index (χ2v) is 8.01. The Morgan fingerprint density at radius 3 is 2.78 bits per heavy atom. The summed E-state index contributed by atoms with van der Waals surface area (Å²) in [6, 6.07) is 4.10. The van der Waals surface area contributed by atoms with E-state index in [-0.39, 0.29) is 17.9 Å². The quantitative estimate of drug-likeness (QED) is 0.840. The molecule has 2 N–H and O–H groups in total. The van der Waals surface area contributed by atoms with Gasteiger partial charge in [0.2, 0.25) is 0 Å². The van der Waals surface area contributed by atoms with Crippen molar-refractivity contribution in [2.24, 2.45) is 0 Å². The van der Waals surface area contributed by atoms with Crippen LogP contribution in [0.1, 0.15) is 52.6 Å². The van der Waals surface area contributed by atoms with Crippen LogP contribution in [0.15, 0.2) is 29.1 Å². The van der Waals surface area contributed by atoms with Crippen molar-refractivity contribution in [3.8, 4) is 0 Å². The van der Waals surface area contributed by atoms with Crippen molar-refractivity contribution in [3.63, 3.8) is 0 Å². The van der Waals surface area contributed by atoms with Crippen LogP contribution in [0.25, 0.3) is 0 Å². The van der Waals surface area contributed by atoms with Crippen LogP contribution >= 0.6 is 11.3 Å². The zero-order valence-corrected chi connectivity index (χ0v) is 16.1. The summed E-state index contributed by atoms with van der Waals surface area (Å²) in [5.41, 5.74) is 1.22. The fraction of sp³-hybridized carbons (Fsp3) is 0.526. The molecule has 0 saturated carbocycles. The third-order valence-corrected chi connectivity index (χ3v) is 6.06. The van der Waals surface area contributed by atoms with Crippen molar-refractivity contribution in [2.45, 2.75) is 37.8 Å². The predicted octanol–water partition coefficient (Wildman–Crippen LogP) is 1.90. The summed E-state index contributed by atoms with van der Waals surface area (Å²) < 4.78 is 1.92. The lowest BCUT2D eigenvalue weighted by Gasteiger charge is -2.32. The third kappa shape index (κ3) is 4.22. The maximum absolute atomic E-state index is 12.8. The van der Waals surface area contributed by atoms with Crippen molar-refractivity contribution in [1.29, 1.82) is 0 Å². The molecule has 0 radical (unpaired) electrons. The maximum Gasteiger partial charge on any atom is 0.274 e. The summed E-state index contributed by atoms with van der Waals surface area (Å²) >= 11 is 1.52. The van der Waals surface area contributed by atoms with Crippen LogP contribution in [0.4, 0.5) is 0 Å². The Kier molecular flexibility index (Phi) is 5.54. The second kappa shape index (κ2) is 8.22. The average Bonchev–Trinajstić information content (AvgIpc) is 3.41. The first-order valence-electron chi connectivity index (χ1n) is 9.59. The van der Waals surface area contributed by atoms with Gasteiger partial charge in [0.15, 0.2) is 0 Å². The summed E-state index contributed by atoms with van der Waals surface area (Å²) in [4.78, 5) is 26.8. The first kappa shape index (κ1) is 18.2. The molecule has 2 amide bonds. The van der Waals surface area contributed by atoms with Crippen LogP contribution < -0.4 is 10.6 Å². The van der Waals surface area contributed by atoms with Gasteiger partial charge in [-0.15, -0.1) is 0 Å². The van der Waals surface area contributed by atoms with Crippen LogP contribution in [-0.2, 0) is 0 Å². The molecule has 0 aromatic carbocycles. The molecule has 2 aliphatic rings. The zero-order valence-electron chi connectivity index (χ0n) is 15.3. The van der Waals surface area contributed by atoms with E-state index in [1.54, 1.807) is 0 Å². The van der Waals surface area contributed by atoms with Crippen LogP contribution in [0.5, 0.6) is 0 Å². The number of carbonyl (C=O) groups is 2. The molecular weight excluding hydrogens is 362 g/mol. The average molecular weight is 388 g/mol. The van der Waals surface area contributed by atoms with Crippen LogP contribution in [0.2, 0.25) is 0 Å². The summed E-state index contributed by atoms with van der Waals surface area (Å²) in [7, 11) is 0. The van der Waals surface area contributed by atoms with Crippen LogP contribution in [-0.4, -0.2) is 58.7 Å². The van der Waals surface area contributed by atoms with Crippen LogP contribution in [0.3, 0.4) is 0 Å². The number of nitrogens with zero attached hydrogens (tertiary/aromatic N) is 3.